The van der Waals surface area contributed by atoms with Crippen molar-refractivity contribution in [2.45, 2.75) is 33.2 Å². The Balaban J connectivity index is 1.39. The second-order valence-electron chi connectivity index (χ2n) is 6.61. The zero-order valence-corrected chi connectivity index (χ0v) is 15.7. The maximum Gasteiger partial charge on any atom is 0.419 e. The van der Waals surface area contributed by atoms with Crippen LogP contribution in [0.1, 0.15) is 24.0 Å². The number of nitrogens with zero attached hydrogens (tertiary/aromatic N) is 1. The van der Waals surface area contributed by atoms with Gasteiger partial charge in [-0.2, -0.15) is 0 Å². The summed E-state index contributed by atoms with van der Waals surface area (Å²) in [4.78, 5) is 23.8. The summed E-state index contributed by atoms with van der Waals surface area (Å²) in [5, 5.41) is 2.84. The van der Waals surface area contributed by atoms with E-state index in [-0.39, 0.29) is 5.91 Å². The Hall–Kier alpha value is -3.02. The maximum absolute atomic E-state index is 12.0. The number of amides is 1. The van der Waals surface area contributed by atoms with E-state index in [1.807, 2.05) is 44.2 Å². The van der Waals surface area contributed by atoms with Crippen LogP contribution in [-0.4, -0.2) is 23.6 Å². The first-order valence-electron chi connectivity index (χ1n) is 9.09. The van der Waals surface area contributed by atoms with Crippen LogP contribution < -0.4 is 15.8 Å². The van der Waals surface area contributed by atoms with Crippen LogP contribution >= 0.6 is 0 Å². The molecule has 0 aliphatic carbocycles. The SMILES string of the molecule is Cc1cc(C)cc(OCCNC(=O)CCCn2c(=O)oc3ccccc32)c1. The lowest BCUT2D eigenvalue weighted by atomic mass is 10.1. The van der Waals surface area contributed by atoms with Crippen molar-refractivity contribution in [3.05, 3.63) is 64.1 Å². The van der Waals surface area contributed by atoms with Crippen molar-refractivity contribution in [2.24, 2.45) is 0 Å². The Morgan fingerprint density at radius 2 is 1.89 bits per heavy atom. The summed E-state index contributed by atoms with van der Waals surface area (Å²) >= 11 is 0. The van der Waals surface area contributed by atoms with Gasteiger partial charge in [0.1, 0.15) is 12.4 Å². The van der Waals surface area contributed by atoms with E-state index in [1.165, 1.54) is 0 Å². The quantitative estimate of drug-likeness (QED) is 0.620. The number of rotatable bonds is 8. The number of ether oxygens (including phenoxy) is 1. The molecule has 0 fully saturated rings. The molecule has 0 spiro atoms. The van der Waals surface area contributed by atoms with Crippen LogP contribution in [0.3, 0.4) is 0 Å². The highest BCUT2D eigenvalue weighted by Gasteiger charge is 2.09. The molecule has 0 radical (unpaired) electrons. The first kappa shape index (κ1) is 18.8. The monoisotopic (exact) mass is 368 g/mol. The fraction of sp³-hybridized carbons (Fsp3) is 0.333. The number of aromatic nitrogens is 1. The molecule has 0 saturated carbocycles. The third-order valence-corrected chi connectivity index (χ3v) is 4.25. The van der Waals surface area contributed by atoms with Crippen molar-refractivity contribution >= 4 is 17.0 Å². The lowest BCUT2D eigenvalue weighted by Crippen LogP contribution is -2.28. The number of benzene rings is 2. The van der Waals surface area contributed by atoms with E-state index in [0.29, 0.717) is 38.1 Å². The highest BCUT2D eigenvalue weighted by Crippen LogP contribution is 2.16. The van der Waals surface area contributed by atoms with Gasteiger partial charge in [0.15, 0.2) is 5.58 Å². The highest BCUT2D eigenvalue weighted by atomic mass is 16.5. The van der Waals surface area contributed by atoms with Gasteiger partial charge in [-0.05, 0) is 55.7 Å². The van der Waals surface area contributed by atoms with Crippen LogP contribution in [-0.2, 0) is 11.3 Å². The molecule has 6 nitrogen and oxygen atoms in total. The molecule has 1 N–H and O–H groups in total. The van der Waals surface area contributed by atoms with Gasteiger partial charge in [-0.25, -0.2) is 4.79 Å². The van der Waals surface area contributed by atoms with Crippen molar-refractivity contribution in [1.29, 1.82) is 0 Å². The number of hydrogen-bond donors (Lipinski definition) is 1. The minimum atomic E-state index is -0.390. The molecule has 1 aromatic heterocycles. The minimum absolute atomic E-state index is 0.0557. The van der Waals surface area contributed by atoms with Gasteiger partial charge < -0.3 is 14.5 Å². The zero-order valence-electron chi connectivity index (χ0n) is 15.7. The summed E-state index contributed by atoms with van der Waals surface area (Å²) in [5.41, 5.74) is 3.62. The van der Waals surface area contributed by atoms with Gasteiger partial charge in [0.05, 0.1) is 12.1 Å². The van der Waals surface area contributed by atoms with Gasteiger partial charge in [-0.15, -0.1) is 0 Å². The Morgan fingerprint density at radius 1 is 1.15 bits per heavy atom. The summed E-state index contributed by atoms with van der Waals surface area (Å²) in [6.45, 7) is 5.36. The van der Waals surface area contributed by atoms with E-state index in [4.69, 9.17) is 9.15 Å². The molecular weight excluding hydrogens is 344 g/mol. The lowest BCUT2D eigenvalue weighted by molar-refractivity contribution is -0.121. The van der Waals surface area contributed by atoms with Crippen LogP contribution in [0.25, 0.3) is 11.1 Å². The predicted molar refractivity (Wildman–Crippen MR) is 104 cm³/mol. The second kappa shape index (κ2) is 8.58. The molecule has 3 rings (SSSR count). The van der Waals surface area contributed by atoms with E-state index in [1.54, 1.807) is 10.6 Å². The Morgan fingerprint density at radius 3 is 2.67 bits per heavy atom. The number of nitrogens with one attached hydrogen (secondary N) is 1. The molecule has 0 saturated heterocycles. The first-order valence-corrected chi connectivity index (χ1v) is 9.09. The molecule has 0 atom stereocenters. The van der Waals surface area contributed by atoms with Gasteiger partial charge in [-0.1, -0.05) is 18.2 Å². The fourth-order valence-corrected chi connectivity index (χ4v) is 3.09. The molecule has 1 heterocycles. The second-order valence-corrected chi connectivity index (χ2v) is 6.61. The van der Waals surface area contributed by atoms with E-state index >= 15 is 0 Å². The molecule has 3 aromatic rings. The largest absolute Gasteiger partial charge is 0.492 e. The molecule has 27 heavy (non-hydrogen) atoms. The van der Waals surface area contributed by atoms with Crippen molar-refractivity contribution in [1.82, 2.24) is 9.88 Å². The molecule has 0 aliphatic rings. The topological polar surface area (TPSA) is 73.5 Å². The van der Waals surface area contributed by atoms with Crippen molar-refractivity contribution in [3.8, 4) is 5.75 Å². The third kappa shape index (κ3) is 5.00. The van der Waals surface area contributed by atoms with Crippen molar-refractivity contribution in [3.63, 3.8) is 0 Å². The van der Waals surface area contributed by atoms with E-state index < -0.39 is 5.76 Å². The van der Waals surface area contributed by atoms with Gasteiger partial charge >= 0.3 is 5.76 Å². The molecule has 0 bridgehead atoms. The third-order valence-electron chi connectivity index (χ3n) is 4.25. The van der Waals surface area contributed by atoms with Gasteiger partial charge in [0.25, 0.3) is 0 Å². The van der Waals surface area contributed by atoms with Crippen molar-refractivity contribution < 1.29 is 13.9 Å². The summed E-state index contributed by atoms with van der Waals surface area (Å²) in [5.74, 6) is 0.367. The van der Waals surface area contributed by atoms with E-state index in [9.17, 15) is 9.59 Å². The van der Waals surface area contributed by atoms with E-state index in [2.05, 4.69) is 11.4 Å². The number of carbonyl (C=O) groups excluding carboxylic acids is 1. The maximum atomic E-state index is 12.0. The molecule has 1 amide bonds. The van der Waals surface area contributed by atoms with Crippen LogP contribution in [0.2, 0.25) is 0 Å². The smallest absolute Gasteiger partial charge is 0.419 e. The van der Waals surface area contributed by atoms with Crippen LogP contribution in [0, 0.1) is 13.8 Å². The first-order chi connectivity index (χ1) is 13.0. The molecular formula is C21H24N2O4. The fourth-order valence-electron chi connectivity index (χ4n) is 3.09. The zero-order chi connectivity index (χ0) is 19.2. The standard InChI is InChI=1S/C21H24N2O4/c1-15-12-16(2)14-17(13-15)26-11-9-22-20(24)8-5-10-23-18-6-3-4-7-19(18)27-21(23)25/h3-4,6-7,12-14H,5,8-11H2,1-2H3,(H,22,24). The number of aryl methyl sites for hydroxylation is 3. The average molecular weight is 368 g/mol. The normalized spacial score (nSPS) is 10.9. The lowest BCUT2D eigenvalue weighted by Gasteiger charge is -2.09. The van der Waals surface area contributed by atoms with Gasteiger partial charge in [0, 0.05) is 13.0 Å². The molecule has 6 heteroatoms. The number of hydrogen-bond acceptors (Lipinski definition) is 4. The summed E-state index contributed by atoms with van der Waals surface area (Å²) < 4.78 is 12.4. The summed E-state index contributed by atoms with van der Waals surface area (Å²) in [6.07, 6.45) is 0.905. The minimum Gasteiger partial charge on any atom is -0.492 e. The Labute approximate surface area is 157 Å². The number of carbonyl (C=O) groups is 1. The van der Waals surface area contributed by atoms with Gasteiger partial charge in [-0.3, -0.25) is 9.36 Å². The predicted octanol–water partition coefficient (Wildman–Crippen LogP) is 3.19. The number of oxazole rings is 1. The van der Waals surface area contributed by atoms with Crippen molar-refractivity contribution in [2.75, 3.05) is 13.2 Å². The Kier molecular flexibility index (Phi) is 5.96. The molecule has 142 valence electrons. The highest BCUT2D eigenvalue weighted by molar-refractivity contribution is 5.76. The molecule has 0 unspecified atom stereocenters. The average Bonchev–Trinajstić information content (AvgIpc) is 2.94. The van der Waals surface area contributed by atoms with E-state index in [0.717, 1.165) is 22.4 Å². The summed E-state index contributed by atoms with van der Waals surface area (Å²) in [7, 11) is 0. The van der Waals surface area contributed by atoms with Crippen LogP contribution in [0.5, 0.6) is 5.75 Å². The Bertz CT molecular complexity index is 967. The number of fused-ring (bicyclic) bond motifs is 1. The van der Waals surface area contributed by atoms with Crippen LogP contribution in [0.15, 0.2) is 51.7 Å². The van der Waals surface area contributed by atoms with Gasteiger partial charge in [0.2, 0.25) is 5.91 Å². The van der Waals surface area contributed by atoms with Crippen LogP contribution in [0.4, 0.5) is 0 Å². The summed E-state index contributed by atoms with van der Waals surface area (Å²) in [6, 6.07) is 13.3. The molecule has 0 aliphatic heterocycles. The number of para-hydroxylation sites is 2. The molecule has 2 aromatic carbocycles.